The number of carbonyl (C=O) groups excluding carboxylic acids is 1. The number of likely N-dealkylation sites (tertiary alicyclic amines) is 1. The number of piperidine rings is 1. The molecule has 6 heteroatoms. The van der Waals surface area contributed by atoms with Crippen molar-refractivity contribution >= 4 is 11.7 Å². The van der Waals surface area contributed by atoms with Crippen LogP contribution in [-0.2, 0) is 17.8 Å². The highest BCUT2D eigenvalue weighted by Crippen LogP contribution is 2.32. The van der Waals surface area contributed by atoms with Gasteiger partial charge in [0, 0.05) is 38.2 Å². The van der Waals surface area contributed by atoms with Crippen LogP contribution in [0.2, 0.25) is 0 Å². The number of rotatable bonds is 3. The molecule has 1 aromatic rings. The Hall–Kier alpha value is -1.69. The van der Waals surface area contributed by atoms with Crippen LogP contribution in [0, 0.1) is 12.8 Å². The molecule has 1 atom stereocenters. The summed E-state index contributed by atoms with van der Waals surface area (Å²) in [5.74, 6) is 2.89. The van der Waals surface area contributed by atoms with Crippen LogP contribution in [0.4, 0.5) is 5.82 Å². The third-order valence-electron chi connectivity index (χ3n) is 6.84. The molecule has 0 radical (unpaired) electrons. The molecule has 0 spiro atoms. The van der Waals surface area contributed by atoms with Crippen molar-refractivity contribution in [3.8, 4) is 0 Å². The highest BCUT2D eigenvalue weighted by molar-refractivity contribution is 5.73. The predicted octanol–water partition coefficient (Wildman–Crippen LogP) is 2.39. The Labute approximate surface area is 162 Å². The highest BCUT2D eigenvalue weighted by Gasteiger charge is 2.31. The number of carbonyl (C=O) groups is 1. The van der Waals surface area contributed by atoms with Gasteiger partial charge in [-0.15, -0.1) is 0 Å². The third kappa shape index (κ3) is 3.82. The van der Waals surface area contributed by atoms with Crippen molar-refractivity contribution in [2.75, 3.05) is 37.6 Å². The molecule has 1 aromatic heterocycles. The fourth-order valence-corrected chi connectivity index (χ4v) is 5.10. The quantitative estimate of drug-likeness (QED) is 0.817. The first-order chi connectivity index (χ1) is 13.0. The Balaban J connectivity index is 1.46. The first-order valence-electron chi connectivity index (χ1n) is 10.6. The van der Waals surface area contributed by atoms with Crippen molar-refractivity contribution in [2.45, 2.75) is 65.5 Å². The number of amides is 1. The summed E-state index contributed by atoms with van der Waals surface area (Å²) < 4.78 is 0. The molecular weight excluding hydrogens is 338 g/mol. The maximum atomic E-state index is 11.8. The van der Waals surface area contributed by atoms with Crippen LogP contribution in [0.3, 0.4) is 0 Å². The van der Waals surface area contributed by atoms with Crippen LogP contribution >= 0.6 is 0 Å². The number of aryl methyl sites for hydroxylation is 1. The average molecular weight is 372 g/mol. The second-order valence-corrected chi connectivity index (χ2v) is 8.52. The summed E-state index contributed by atoms with van der Waals surface area (Å²) in [6.07, 6.45) is 6.10. The molecule has 0 aromatic carbocycles. The Morgan fingerprint density at radius 2 is 1.78 bits per heavy atom. The Kier molecular flexibility index (Phi) is 5.35. The number of fused-ring (bicyclic) bond motifs is 1. The molecule has 0 bridgehead atoms. The minimum Gasteiger partial charge on any atom is -0.356 e. The van der Waals surface area contributed by atoms with Crippen molar-refractivity contribution in [3.05, 3.63) is 17.1 Å². The lowest BCUT2D eigenvalue weighted by molar-refractivity contribution is -0.129. The van der Waals surface area contributed by atoms with Gasteiger partial charge in [0.2, 0.25) is 5.91 Å². The van der Waals surface area contributed by atoms with Gasteiger partial charge in [0.15, 0.2) is 0 Å². The summed E-state index contributed by atoms with van der Waals surface area (Å²) in [4.78, 5) is 28.3. The summed E-state index contributed by atoms with van der Waals surface area (Å²) in [6.45, 7) is 12.2. The molecule has 4 heterocycles. The Morgan fingerprint density at radius 1 is 1.07 bits per heavy atom. The normalized spacial score (nSPS) is 22.8. The van der Waals surface area contributed by atoms with E-state index in [2.05, 4.69) is 21.7 Å². The molecule has 3 aliphatic rings. The smallest absolute Gasteiger partial charge is 0.219 e. The van der Waals surface area contributed by atoms with E-state index in [1.54, 1.807) is 6.92 Å². The van der Waals surface area contributed by atoms with E-state index in [0.717, 1.165) is 49.3 Å². The van der Waals surface area contributed by atoms with Crippen molar-refractivity contribution in [3.63, 3.8) is 0 Å². The van der Waals surface area contributed by atoms with Gasteiger partial charge in [-0.25, -0.2) is 9.97 Å². The molecule has 27 heavy (non-hydrogen) atoms. The van der Waals surface area contributed by atoms with Crippen LogP contribution in [0.25, 0.3) is 0 Å². The van der Waals surface area contributed by atoms with Gasteiger partial charge in [-0.3, -0.25) is 4.79 Å². The molecule has 0 N–H and O–H groups in total. The third-order valence-corrected chi connectivity index (χ3v) is 6.84. The lowest BCUT2D eigenvalue weighted by atomic mass is 9.89. The zero-order chi connectivity index (χ0) is 19.0. The molecule has 148 valence electrons. The van der Waals surface area contributed by atoms with E-state index in [1.165, 1.54) is 44.3 Å². The minimum atomic E-state index is 0.134. The molecule has 0 aliphatic carbocycles. The van der Waals surface area contributed by atoms with Gasteiger partial charge >= 0.3 is 0 Å². The van der Waals surface area contributed by atoms with E-state index in [4.69, 9.17) is 4.98 Å². The van der Waals surface area contributed by atoms with Gasteiger partial charge in [-0.1, -0.05) is 0 Å². The summed E-state index contributed by atoms with van der Waals surface area (Å²) in [6, 6.07) is 0.708. The highest BCUT2D eigenvalue weighted by atomic mass is 16.2. The van der Waals surface area contributed by atoms with Crippen LogP contribution in [-0.4, -0.2) is 64.4 Å². The molecule has 3 aliphatic heterocycles. The molecule has 2 fully saturated rings. The zero-order valence-corrected chi connectivity index (χ0v) is 17.1. The van der Waals surface area contributed by atoms with Crippen LogP contribution in [0.1, 0.15) is 56.6 Å². The maximum absolute atomic E-state index is 11.8. The molecule has 1 unspecified atom stereocenters. The lowest BCUT2D eigenvalue weighted by Gasteiger charge is -2.40. The van der Waals surface area contributed by atoms with E-state index in [9.17, 15) is 4.79 Å². The first-order valence-corrected chi connectivity index (χ1v) is 10.6. The standard InChI is InChI=1S/C21H33N5O/c1-15(24-9-4-5-10-24)18-6-11-25(12-7-18)21-19-8-13-26(17(3)27)14-20(19)22-16(2)23-21/h15,18H,4-14H2,1-3H3. The number of hydrogen-bond donors (Lipinski definition) is 0. The summed E-state index contributed by atoms with van der Waals surface area (Å²) in [7, 11) is 0. The van der Waals surface area contributed by atoms with Gasteiger partial charge in [0.1, 0.15) is 11.6 Å². The van der Waals surface area contributed by atoms with E-state index in [-0.39, 0.29) is 5.91 Å². The second kappa shape index (κ2) is 7.74. The molecule has 1 amide bonds. The van der Waals surface area contributed by atoms with Gasteiger partial charge in [-0.2, -0.15) is 0 Å². The fourth-order valence-electron chi connectivity index (χ4n) is 5.10. The number of aromatic nitrogens is 2. The van der Waals surface area contributed by atoms with Gasteiger partial charge in [0.25, 0.3) is 0 Å². The monoisotopic (exact) mass is 371 g/mol. The average Bonchev–Trinajstić information content (AvgIpc) is 3.21. The van der Waals surface area contributed by atoms with Crippen molar-refractivity contribution in [1.29, 1.82) is 0 Å². The van der Waals surface area contributed by atoms with E-state index >= 15 is 0 Å². The van der Waals surface area contributed by atoms with Gasteiger partial charge < -0.3 is 14.7 Å². The predicted molar refractivity (Wildman–Crippen MR) is 107 cm³/mol. The van der Waals surface area contributed by atoms with Crippen LogP contribution in [0.5, 0.6) is 0 Å². The maximum Gasteiger partial charge on any atom is 0.219 e. The number of hydrogen-bond acceptors (Lipinski definition) is 5. The topological polar surface area (TPSA) is 52.6 Å². The van der Waals surface area contributed by atoms with Crippen LogP contribution < -0.4 is 4.90 Å². The lowest BCUT2D eigenvalue weighted by Crippen LogP contribution is -2.44. The summed E-state index contributed by atoms with van der Waals surface area (Å²) in [5.41, 5.74) is 2.32. The van der Waals surface area contributed by atoms with E-state index < -0.39 is 0 Å². The molecule has 0 saturated carbocycles. The Bertz CT molecular complexity index is 692. The minimum absolute atomic E-state index is 0.134. The summed E-state index contributed by atoms with van der Waals surface area (Å²) in [5, 5.41) is 0. The molecule has 6 nitrogen and oxygen atoms in total. The fraction of sp³-hybridized carbons (Fsp3) is 0.762. The Morgan fingerprint density at radius 3 is 2.44 bits per heavy atom. The molecular formula is C21H33N5O. The second-order valence-electron chi connectivity index (χ2n) is 8.52. The van der Waals surface area contributed by atoms with Crippen molar-refractivity contribution < 1.29 is 4.79 Å². The van der Waals surface area contributed by atoms with Gasteiger partial charge in [0.05, 0.1) is 12.2 Å². The van der Waals surface area contributed by atoms with E-state index in [0.29, 0.717) is 12.6 Å². The SMILES string of the molecule is CC(=O)N1CCc2c(nc(C)nc2N2CCC(C(C)N3CCCC3)CC2)C1. The molecule has 2 saturated heterocycles. The summed E-state index contributed by atoms with van der Waals surface area (Å²) >= 11 is 0. The largest absolute Gasteiger partial charge is 0.356 e. The number of anilines is 1. The van der Waals surface area contributed by atoms with E-state index in [1.807, 2.05) is 11.8 Å². The zero-order valence-electron chi connectivity index (χ0n) is 17.1. The van der Waals surface area contributed by atoms with Crippen molar-refractivity contribution in [1.82, 2.24) is 19.8 Å². The molecule has 4 rings (SSSR count). The van der Waals surface area contributed by atoms with Crippen LogP contribution in [0.15, 0.2) is 0 Å². The number of nitrogens with zero attached hydrogens (tertiary/aromatic N) is 5. The van der Waals surface area contributed by atoms with Crippen molar-refractivity contribution in [2.24, 2.45) is 5.92 Å². The first kappa shape index (κ1) is 18.7. The van der Waals surface area contributed by atoms with Gasteiger partial charge in [-0.05, 0) is 65.0 Å².